The summed E-state index contributed by atoms with van der Waals surface area (Å²) < 4.78 is 6.83. The standard InChI is InChI=1S/C25H25N5O3S/c1-3-20(23(31)28-18-10-7-11-19(16-18)33-2)34-25-29-22-21(26-13-14-27-22)24(32)30(25)15-12-17-8-5-4-6-9-17/h4-11,13-14,16,20H,3,12,15H2,1-2H3,(H,28,31)/t20-/m0/s1. The Kier molecular flexibility index (Phi) is 7.54. The molecule has 0 bridgehead atoms. The number of carbonyl (C=O) groups is 1. The monoisotopic (exact) mass is 475 g/mol. The van der Waals surface area contributed by atoms with Gasteiger partial charge in [-0.3, -0.25) is 14.2 Å². The molecule has 1 amide bonds. The molecular weight excluding hydrogens is 450 g/mol. The van der Waals surface area contributed by atoms with Crippen molar-refractivity contribution < 1.29 is 9.53 Å². The number of hydrogen-bond donors (Lipinski definition) is 1. The highest BCUT2D eigenvalue weighted by molar-refractivity contribution is 8.00. The molecule has 2 aromatic heterocycles. The van der Waals surface area contributed by atoms with Crippen molar-refractivity contribution >= 4 is 34.5 Å². The van der Waals surface area contributed by atoms with Crippen molar-refractivity contribution in [3.8, 4) is 5.75 Å². The molecule has 4 rings (SSSR count). The van der Waals surface area contributed by atoms with Crippen LogP contribution < -0.4 is 15.6 Å². The van der Waals surface area contributed by atoms with Crippen LogP contribution in [0.5, 0.6) is 5.75 Å². The highest BCUT2D eigenvalue weighted by Gasteiger charge is 2.23. The second kappa shape index (κ2) is 10.9. The van der Waals surface area contributed by atoms with Crippen molar-refractivity contribution in [2.75, 3.05) is 12.4 Å². The zero-order chi connectivity index (χ0) is 23.9. The van der Waals surface area contributed by atoms with Crippen LogP contribution in [0.2, 0.25) is 0 Å². The molecule has 2 heterocycles. The first-order valence-electron chi connectivity index (χ1n) is 11.0. The number of carbonyl (C=O) groups excluding carboxylic acids is 1. The molecule has 1 N–H and O–H groups in total. The third-order valence-corrected chi connectivity index (χ3v) is 6.63. The number of amides is 1. The van der Waals surface area contributed by atoms with Gasteiger partial charge >= 0.3 is 0 Å². The molecule has 8 nitrogen and oxygen atoms in total. The molecule has 0 saturated carbocycles. The fraction of sp³-hybridized carbons (Fsp3) is 0.240. The maximum absolute atomic E-state index is 13.3. The molecule has 2 aromatic carbocycles. The quantitative estimate of drug-likeness (QED) is 0.289. The summed E-state index contributed by atoms with van der Waals surface area (Å²) in [5.74, 6) is 0.479. The van der Waals surface area contributed by atoms with Gasteiger partial charge < -0.3 is 10.1 Å². The summed E-state index contributed by atoms with van der Waals surface area (Å²) in [7, 11) is 1.58. The summed E-state index contributed by atoms with van der Waals surface area (Å²) >= 11 is 1.26. The number of aromatic nitrogens is 4. The molecule has 0 aliphatic carbocycles. The average Bonchev–Trinajstić information content (AvgIpc) is 2.87. The van der Waals surface area contributed by atoms with Crippen LogP contribution in [0.25, 0.3) is 11.2 Å². The van der Waals surface area contributed by atoms with Crippen molar-refractivity contribution in [1.29, 1.82) is 0 Å². The van der Waals surface area contributed by atoms with Crippen LogP contribution in [0.3, 0.4) is 0 Å². The van der Waals surface area contributed by atoms with E-state index in [9.17, 15) is 9.59 Å². The molecule has 4 aromatic rings. The van der Waals surface area contributed by atoms with Crippen molar-refractivity contribution in [2.24, 2.45) is 0 Å². The van der Waals surface area contributed by atoms with Gasteiger partial charge in [0.05, 0.1) is 12.4 Å². The molecule has 1 atom stereocenters. The summed E-state index contributed by atoms with van der Waals surface area (Å²) in [6.45, 7) is 2.34. The Morgan fingerprint density at radius 2 is 1.91 bits per heavy atom. The first-order valence-corrected chi connectivity index (χ1v) is 11.8. The third kappa shape index (κ3) is 5.43. The minimum atomic E-state index is -0.463. The fourth-order valence-corrected chi connectivity index (χ4v) is 4.50. The summed E-state index contributed by atoms with van der Waals surface area (Å²) in [6, 6.07) is 17.1. The Morgan fingerprint density at radius 3 is 2.68 bits per heavy atom. The lowest BCUT2D eigenvalue weighted by molar-refractivity contribution is -0.115. The number of nitrogens with zero attached hydrogens (tertiary/aromatic N) is 4. The Labute approximate surface area is 201 Å². The van der Waals surface area contributed by atoms with E-state index in [4.69, 9.17) is 4.74 Å². The van der Waals surface area contributed by atoms with Gasteiger partial charge in [0.15, 0.2) is 16.3 Å². The maximum atomic E-state index is 13.3. The van der Waals surface area contributed by atoms with E-state index in [1.165, 1.54) is 24.2 Å². The first-order chi connectivity index (χ1) is 16.6. The number of benzene rings is 2. The zero-order valence-electron chi connectivity index (χ0n) is 19.0. The van der Waals surface area contributed by atoms with Crippen LogP contribution >= 0.6 is 11.8 Å². The van der Waals surface area contributed by atoms with Gasteiger partial charge in [-0.1, -0.05) is 55.1 Å². The summed E-state index contributed by atoms with van der Waals surface area (Å²) in [6.07, 6.45) is 4.18. The van der Waals surface area contributed by atoms with Gasteiger partial charge in [-0.15, -0.1) is 0 Å². The SMILES string of the molecule is CC[C@H](Sc1nc2nccnc2c(=O)n1CCc1ccccc1)C(=O)Nc1cccc(OC)c1. The second-order valence-corrected chi connectivity index (χ2v) is 8.72. The number of nitrogens with one attached hydrogen (secondary N) is 1. The van der Waals surface area contributed by atoms with Gasteiger partial charge in [0, 0.05) is 30.7 Å². The molecule has 0 aliphatic rings. The molecule has 0 aliphatic heterocycles. The molecule has 0 spiro atoms. The van der Waals surface area contributed by atoms with Gasteiger partial charge in [0.2, 0.25) is 5.91 Å². The largest absolute Gasteiger partial charge is 0.497 e. The lowest BCUT2D eigenvalue weighted by Crippen LogP contribution is -2.29. The van der Waals surface area contributed by atoms with Crippen molar-refractivity contribution in [3.63, 3.8) is 0 Å². The normalized spacial score (nSPS) is 11.8. The molecule has 9 heteroatoms. The summed E-state index contributed by atoms with van der Waals surface area (Å²) in [4.78, 5) is 39.3. The highest BCUT2D eigenvalue weighted by Crippen LogP contribution is 2.26. The number of hydrogen-bond acceptors (Lipinski definition) is 7. The summed E-state index contributed by atoms with van der Waals surface area (Å²) in [5, 5.41) is 2.92. The smallest absolute Gasteiger partial charge is 0.282 e. The number of aryl methyl sites for hydroxylation is 1. The molecule has 0 radical (unpaired) electrons. The van der Waals surface area contributed by atoms with E-state index in [0.29, 0.717) is 36.0 Å². The molecule has 34 heavy (non-hydrogen) atoms. The van der Waals surface area contributed by atoms with Crippen LogP contribution in [-0.4, -0.2) is 37.8 Å². The van der Waals surface area contributed by atoms with Gasteiger partial charge in [-0.05, 0) is 30.5 Å². The Hall–Kier alpha value is -3.72. The third-order valence-electron chi connectivity index (χ3n) is 5.27. The Balaban J connectivity index is 1.62. The van der Waals surface area contributed by atoms with Crippen molar-refractivity contribution in [2.45, 2.75) is 36.7 Å². The van der Waals surface area contributed by atoms with E-state index in [-0.39, 0.29) is 22.6 Å². The second-order valence-electron chi connectivity index (χ2n) is 7.55. The minimum absolute atomic E-state index is 0.177. The van der Waals surface area contributed by atoms with Crippen molar-refractivity contribution in [1.82, 2.24) is 19.5 Å². The van der Waals surface area contributed by atoms with Crippen molar-refractivity contribution in [3.05, 3.63) is 82.9 Å². The van der Waals surface area contributed by atoms with Crippen LogP contribution in [0.1, 0.15) is 18.9 Å². The lowest BCUT2D eigenvalue weighted by Gasteiger charge is -2.18. The van der Waals surface area contributed by atoms with Gasteiger partial charge in [-0.25, -0.2) is 15.0 Å². The minimum Gasteiger partial charge on any atom is -0.497 e. The summed E-state index contributed by atoms with van der Waals surface area (Å²) in [5.41, 5.74) is 1.97. The number of rotatable bonds is 9. The first kappa shape index (κ1) is 23.4. The average molecular weight is 476 g/mol. The molecule has 0 saturated heterocycles. The topological polar surface area (TPSA) is 99.0 Å². The maximum Gasteiger partial charge on any atom is 0.282 e. The Bertz CT molecular complexity index is 1340. The predicted molar refractivity (Wildman–Crippen MR) is 133 cm³/mol. The Morgan fingerprint density at radius 1 is 1.12 bits per heavy atom. The van der Waals surface area contributed by atoms with Gasteiger partial charge in [0.25, 0.3) is 5.56 Å². The van der Waals surface area contributed by atoms with E-state index >= 15 is 0 Å². The molecular formula is C25H25N5O3S. The van der Waals surface area contributed by atoms with Gasteiger partial charge in [0.1, 0.15) is 5.75 Å². The van der Waals surface area contributed by atoms with E-state index in [1.54, 1.807) is 23.8 Å². The number of thioether (sulfide) groups is 1. The van der Waals surface area contributed by atoms with E-state index in [0.717, 1.165) is 5.56 Å². The zero-order valence-corrected chi connectivity index (χ0v) is 19.8. The van der Waals surface area contributed by atoms with E-state index in [1.807, 2.05) is 49.4 Å². The molecule has 0 unspecified atom stereocenters. The number of ether oxygens (including phenoxy) is 1. The van der Waals surface area contributed by atoms with Crippen LogP contribution in [0, 0.1) is 0 Å². The highest BCUT2D eigenvalue weighted by atomic mass is 32.2. The molecule has 0 fully saturated rings. The number of methoxy groups -OCH3 is 1. The lowest BCUT2D eigenvalue weighted by atomic mass is 10.1. The van der Waals surface area contributed by atoms with E-state index in [2.05, 4.69) is 20.3 Å². The fourth-order valence-electron chi connectivity index (χ4n) is 3.47. The van der Waals surface area contributed by atoms with E-state index < -0.39 is 5.25 Å². The van der Waals surface area contributed by atoms with Gasteiger partial charge in [-0.2, -0.15) is 0 Å². The van der Waals surface area contributed by atoms with Crippen LogP contribution in [0.15, 0.2) is 76.9 Å². The predicted octanol–water partition coefficient (Wildman–Crippen LogP) is 3.95. The molecule has 174 valence electrons. The number of fused-ring (bicyclic) bond motifs is 1. The van der Waals surface area contributed by atoms with Crippen LogP contribution in [-0.2, 0) is 17.8 Å². The van der Waals surface area contributed by atoms with Crippen LogP contribution in [0.4, 0.5) is 5.69 Å². The number of anilines is 1.